The van der Waals surface area contributed by atoms with Gasteiger partial charge < -0.3 is 14.6 Å². The summed E-state index contributed by atoms with van der Waals surface area (Å²) in [7, 11) is 0. The molecule has 2 aliphatic rings. The number of benzene rings is 1. The van der Waals surface area contributed by atoms with Crippen molar-refractivity contribution < 1.29 is 14.6 Å². The fourth-order valence-electron chi connectivity index (χ4n) is 2.92. The smallest absolute Gasteiger partial charge is 0.149 e. The number of aliphatic hydroxyl groups is 1. The van der Waals surface area contributed by atoms with Gasteiger partial charge in [0.25, 0.3) is 0 Å². The van der Waals surface area contributed by atoms with Gasteiger partial charge >= 0.3 is 0 Å². The molecule has 2 aliphatic heterocycles. The molecule has 2 bridgehead atoms. The van der Waals surface area contributed by atoms with Gasteiger partial charge in [-0.15, -0.1) is 0 Å². The lowest BCUT2D eigenvalue weighted by atomic mass is 9.84. The lowest BCUT2D eigenvalue weighted by Gasteiger charge is -2.31. The molecule has 1 aromatic carbocycles. The SMILES string of the molecule is C[C@@H]1[C@@H]2C=C(O)[C@@](C)(O2)[C@H]1OCc1ccccc1. The molecule has 0 spiro atoms. The first kappa shape index (κ1) is 11.8. The topological polar surface area (TPSA) is 38.7 Å². The van der Waals surface area contributed by atoms with Gasteiger partial charge in [-0.2, -0.15) is 0 Å². The normalized spacial score (nSPS) is 37.9. The van der Waals surface area contributed by atoms with Crippen molar-refractivity contribution in [2.75, 3.05) is 0 Å². The fourth-order valence-corrected chi connectivity index (χ4v) is 2.92. The quantitative estimate of drug-likeness (QED) is 0.891. The number of aliphatic hydroxyl groups excluding tert-OH is 1. The Morgan fingerprint density at radius 1 is 1.33 bits per heavy atom. The van der Waals surface area contributed by atoms with Crippen LogP contribution in [0, 0.1) is 5.92 Å². The predicted octanol–water partition coefficient (Wildman–Crippen LogP) is 2.82. The van der Waals surface area contributed by atoms with Crippen LogP contribution >= 0.6 is 0 Å². The Labute approximate surface area is 107 Å². The molecule has 96 valence electrons. The maximum Gasteiger partial charge on any atom is 0.149 e. The molecule has 1 aromatic rings. The molecule has 3 heteroatoms. The van der Waals surface area contributed by atoms with Gasteiger partial charge in [0, 0.05) is 5.92 Å². The van der Waals surface area contributed by atoms with E-state index in [2.05, 4.69) is 6.92 Å². The summed E-state index contributed by atoms with van der Waals surface area (Å²) >= 11 is 0. The summed E-state index contributed by atoms with van der Waals surface area (Å²) in [5, 5.41) is 9.92. The van der Waals surface area contributed by atoms with E-state index in [0.717, 1.165) is 5.56 Å². The first-order valence-corrected chi connectivity index (χ1v) is 6.36. The zero-order valence-corrected chi connectivity index (χ0v) is 10.7. The average molecular weight is 246 g/mol. The van der Waals surface area contributed by atoms with E-state index in [4.69, 9.17) is 9.47 Å². The molecule has 0 amide bonds. The van der Waals surface area contributed by atoms with Gasteiger partial charge in [-0.3, -0.25) is 0 Å². The highest BCUT2D eigenvalue weighted by Crippen LogP contribution is 2.47. The van der Waals surface area contributed by atoms with Crippen molar-refractivity contribution in [3.8, 4) is 0 Å². The molecule has 1 fully saturated rings. The van der Waals surface area contributed by atoms with Crippen molar-refractivity contribution in [1.82, 2.24) is 0 Å². The predicted molar refractivity (Wildman–Crippen MR) is 68.2 cm³/mol. The van der Waals surface area contributed by atoms with Gasteiger partial charge in [0.2, 0.25) is 0 Å². The molecule has 0 aliphatic carbocycles. The van der Waals surface area contributed by atoms with Crippen molar-refractivity contribution in [2.24, 2.45) is 5.92 Å². The van der Waals surface area contributed by atoms with E-state index in [9.17, 15) is 5.11 Å². The Morgan fingerprint density at radius 2 is 2.06 bits per heavy atom. The number of hydrogen-bond donors (Lipinski definition) is 1. The van der Waals surface area contributed by atoms with Crippen molar-refractivity contribution in [3.63, 3.8) is 0 Å². The van der Waals surface area contributed by atoms with Gasteiger partial charge in [0.1, 0.15) is 11.4 Å². The van der Waals surface area contributed by atoms with Crippen LogP contribution in [-0.4, -0.2) is 22.9 Å². The van der Waals surface area contributed by atoms with E-state index in [1.54, 1.807) is 6.08 Å². The van der Waals surface area contributed by atoms with E-state index < -0.39 is 5.60 Å². The molecule has 2 heterocycles. The Morgan fingerprint density at radius 3 is 2.72 bits per heavy atom. The van der Waals surface area contributed by atoms with Crippen molar-refractivity contribution in [2.45, 2.75) is 38.3 Å². The monoisotopic (exact) mass is 246 g/mol. The third kappa shape index (κ3) is 1.66. The Balaban J connectivity index is 1.72. The summed E-state index contributed by atoms with van der Waals surface area (Å²) in [6.45, 7) is 4.56. The van der Waals surface area contributed by atoms with Gasteiger partial charge in [0.15, 0.2) is 0 Å². The molecule has 4 atom stereocenters. The average Bonchev–Trinajstić information content (AvgIpc) is 2.79. The van der Waals surface area contributed by atoms with Gasteiger partial charge in [-0.25, -0.2) is 0 Å². The van der Waals surface area contributed by atoms with E-state index in [1.807, 2.05) is 37.3 Å². The summed E-state index contributed by atoms with van der Waals surface area (Å²) in [4.78, 5) is 0. The summed E-state index contributed by atoms with van der Waals surface area (Å²) in [6.07, 6.45) is 1.69. The molecule has 0 unspecified atom stereocenters. The van der Waals surface area contributed by atoms with E-state index in [1.165, 1.54) is 0 Å². The molecule has 0 aromatic heterocycles. The van der Waals surface area contributed by atoms with Gasteiger partial charge in [-0.05, 0) is 18.6 Å². The minimum absolute atomic E-state index is 0.0178. The van der Waals surface area contributed by atoms with Crippen LogP contribution in [0.5, 0.6) is 0 Å². The van der Waals surface area contributed by atoms with E-state index in [0.29, 0.717) is 12.4 Å². The number of ether oxygens (including phenoxy) is 2. The highest BCUT2D eigenvalue weighted by molar-refractivity contribution is 5.27. The minimum Gasteiger partial charge on any atom is -0.509 e. The Kier molecular flexibility index (Phi) is 2.68. The highest BCUT2D eigenvalue weighted by Gasteiger charge is 2.57. The summed E-state index contributed by atoms with van der Waals surface area (Å²) in [6, 6.07) is 10.1. The lowest BCUT2D eigenvalue weighted by Crippen LogP contribution is -2.42. The number of fused-ring (bicyclic) bond motifs is 2. The van der Waals surface area contributed by atoms with Crippen LogP contribution < -0.4 is 0 Å². The summed E-state index contributed by atoms with van der Waals surface area (Å²) < 4.78 is 11.8. The minimum atomic E-state index is -0.668. The van der Waals surface area contributed by atoms with Crippen LogP contribution in [0.1, 0.15) is 19.4 Å². The molecule has 0 saturated carbocycles. The molecular weight excluding hydrogens is 228 g/mol. The van der Waals surface area contributed by atoms with Gasteiger partial charge in [0.05, 0.1) is 18.8 Å². The van der Waals surface area contributed by atoms with Gasteiger partial charge in [-0.1, -0.05) is 37.3 Å². The third-order valence-corrected chi connectivity index (χ3v) is 4.02. The van der Waals surface area contributed by atoms with E-state index >= 15 is 0 Å². The van der Waals surface area contributed by atoms with Crippen LogP contribution in [0.25, 0.3) is 0 Å². The summed E-state index contributed by atoms with van der Waals surface area (Å²) in [5.74, 6) is 0.582. The molecule has 3 nitrogen and oxygen atoms in total. The molecule has 1 N–H and O–H groups in total. The second-order valence-electron chi connectivity index (χ2n) is 5.32. The molecule has 18 heavy (non-hydrogen) atoms. The number of hydrogen-bond acceptors (Lipinski definition) is 3. The van der Waals surface area contributed by atoms with Crippen molar-refractivity contribution >= 4 is 0 Å². The maximum atomic E-state index is 9.92. The first-order valence-electron chi connectivity index (χ1n) is 6.36. The van der Waals surface area contributed by atoms with Crippen molar-refractivity contribution in [1.29, 1.82) is 0 Å². The van der Waals surface area contributed by atoms with Crippen LogP contribution in [0.15, 0.2) is 42.2 Å². The lowest BCUT2D eigenvalue weighted by molar-refractivity contribution is -0.0776. The number of rotatable bonds is 3. The molecule has 3 rings (SSSR count). The van der Waals surface area contributed by atoms with Crippen LogP contribution in [0.2, 0.25) is 0 Å². The highest BCUT2D eigenvalue weighted by atomic mass is 16.6. The molecule has 1 saturated heterocycles. The standard InChI is InChI=1S/C15H18O3/c1-10-12-8-13(16)15(2,18-12)14(10)17-9-11-6-4-3-5-7-11/h3-8,10,12,14,16H,9H2,1-2H3/t10-,12+,14+,15-/m1/s1. The second-order valence-corrected chi connectivity index (χ2v) is 5.32. The van der Waals surface area contributed by atoms with Crippen LogP contribution in [0.4, 0.5) is 0 Å². The fraction of sp³-hybridized carbons (Fsp3) is 0.467. The molecule has 0 radical (unpaired) electrons. The van der Waals surface area contributed by atoms with Crippen LogP contribution in [0.3, 0.4) is 0 Å². The Bertz CT molecular complexity index is 468. The Hall–Kier alpha value is -1.32. The van der Waals surface area contributed by atoms with Crippen LogP contribution in [-0.2, 0) is 16.1 Å². The third-order valence-electron chi connectivity index (χ3n) is 4.02. The second kappa shape index (κ2) is 4.11. The van der Waals surface area contributed by atoms with E-state index in [-0.39, 0.29) is 18.1 Å². The zero-order valence-electron chi connectivity index (χ0n) is 10.7. The molecular formula is C15H18O3. The largest absolute Gasteiger partial charge is 0.509 e. The first-order chi connectivity index (χ1) is 8.61. The zero-order chi connectivity index (χ0) is 12.8. The summed E-state index contributed by atoms with van der Waals surface area (Å²) in [5.41, 5.74) is 0.471. The van der Waals surface area contributed by atoms with Crippen molar-refractivity contribution in [3.05, 3.63) is 47.7 Å². The maximum absolute atomic E-state index is 9.92.